The van der Waals surface area contributed by atoms with Crippen molar-refractivity contribution in [1.29, 1.82) is 0 Å². The van der Waals surface area contributed by atoms with Crippen molar-refractivity contribution in [3.8, 4) is 0 Å². The van der Waals surface area contributed by atoms with E-state index in [1.54, 1.807) is 24.3 Å². The number of hydrogen-bond donors (Lipinski definition) is 0. The van der Waals surface area contributed by atoms with Crippen molar-refractivity contribution in [1.82, 2.24) is 0 Å². The third-order valence-corrected chi connectivity index (χ3v) is 5.86. The number of nitro benzene ring substituents is 2. The van der Waals surface area contributed by atoms with Crippen molar-refractivity contribution >= 4 is 56.3 Å². The van der Waals surface area contributed by atoms with Gasteiger partial charge in [-0.2, -0.15) is 0 Å². The van der Waals surface area contributed by atoms with Gasteiger partial charge in [0.25, 0.3) is 11.4 Å². The Morgan fingerprint density at radius 3 is 1.38 bits per heavy atom. The number of rotatable bonds is 10. The van der Waals surface area contributed by atoms with Gasteiger partial charge < -0.3 is 0 Å². The lowest BCUT2D eigenvalue weighted by atomic mass is 10.1. The predicted molar refractivity (Wildman–Crippen MR) is 140 cm³/mol. The van der Waals surface area contributed by atoms with Crippen LogP contribution in [0.5, 0.6) is 0 Å². The monoisotopic (exact) mass is 502 g/mol. The van der Waals surface area contributed by atoms with Crippen LogP contribution in [0.3, 0.4) is 0 Å². The summed E-state index contributed by atoms with van der Waals surface area (Å²) in [6, 6.07) is 12.6. The Kier molecular flexibility index (Phi) is 12.5. The second kappa shape index (κ2) is 14.8. The van der Waals surface area contributed by atoms with Crippen LogP contribution in [-0.2, 0) is 9.59 Å². The Balaban J connectivity index is 0.000000340. The maximum Gasteiger partial charge on any atom is 0.270 e. The van der Waals surface area contributed by atoms with Crippen LogP contribution in [0.25, 0.3) is 9.81 Å². The fourth-order valence-electron chi connectivity index (χ4n) is 2.64. The van der Waals surface area contributed by atoms with Crippen molar-refractivity contribution in [2.45, 2.75) is 27.7 Å². The zero-order chi connectivity index (χ0) is 25.7. The number of allylic oxidation sites excluding steroid dienone is 2. The van der Waals surface area contributed by atoms with Crippen molar-refractivity contribution < 1.29 is 19.4 Å². The fraction of sp³-hybridized carbons (Fsp3) is 0.250. The average molecular weight is 503 g/mol. The molecule has 0 aromatic heterocycles. The minimum Gasteiger partial charge on any atom is -0.295 e. The highest BCUT2D eigenvalue weighted by molar-refractivity contribution is 8.08. The van der Waals surface area contributed by atoms with E-state index in [1.165, 1.54) is 73.8 Å². The maximum absolute atomic E-state index is 11.1. The van der Waals surface area contributed by atoms with Gasteiger partial charge in [0.2, 0.25) is 0 Å². The fourth-order valence-corrected chi connectivity index (χ4v) is 4.35. The molecule has 8 nitrogen and oxygen atoms in total. The maximum atomic E-state index is 11.1. The molecule has 0 radical (unpaired) electrons. The van der Waals surface area contributed by atoms with Crippen LogP contribution in [0.15, 0.2) is 60.7 Å². The molecule has 0 N–H and O–H groups in total. The number of carbonyl (C=O) groups excluding carboxylic acids is 2. The zero-order valence-electron chi connectivity index (χ0n) is 19.3. The summed E-state index contributed by atoms with van der Waals surface area (Å²) in [6.45, 7) is 6.87. The molecule has 0 aliphatic carbocycles. The molecular formula is C24H26N2O6S2. The summed E-state index contributed by atoms with van der Waals surface area (Å²) in [5.74, 6) is 1.49. The lowest BCUT2D eigenvalue weighted by molar-refractivity contribution is -0.385. The van der Waals surface area contributed by atoms with E-state index in [1.807, 2.05) is 13.8 Å². The molecule has 0 amide bonds. The molecule has 180 valence electrons. The van der Waals surface area contributed by atoms with Crippen LogP contribution >= 0.6 is 23.5 Å². The number of hydrogen-bond acceptors (Lipinski definition) is 8. The van der Waals surface area contributed by atoms with Crippen molar-refractivity contribution in [3.63, 3.8) is 0 Å². The highest BCUT2D eigenvalue weighted by atomic mass is 32.2. The molecule has 2 aromatic rings. The van der Waals surface area contributed by atoms with Gasteiger partial charge in [0, 0.05) is 34.1 Å². The molecule has 0 atom stereocenters. The van der Waals surface area contributed by atoms with Crippen LogP contribution in [0.2, 0.25) is 0 Å². The molecule has 0 aliphatic rings. The molecule has 0 saturated carbocycles. The van der Waals surface area contributed by atoms with Crippen molar-refractivity contribution in [2.24, 2.45) is 0 Å². The number of nitrogens with zero attached hydrogens (tertiary/aromatic N) is 2. The first-order chi connectivity index (χ1) is 16.1. The van der Waals surface area contributed by atoms with Gasteiger partial charge >= 0.3 is 0 Å². The third-order valence-electron chi connectivity index (χ3n) is 3.95. The number of nitro groups is 2. The van der Waals surface area contributed by atoms with Crippen LogP contribution in [-0.4, -0.2) is 32.9 Å². The molecule has 0 aliphatic heterocycles. The smallest absolute Gasteiger partial charge is 0.270 e. The molecule has 0 fully saturated rings. The first kappa shape index (κ1) is 28.8. The molecule has 10 heteroatoms. The summed E-state index contributed by atoms with van der Waals surface area (Å²) < 4.78 is 0. The first-order valence-electron chi connectivity index (χ1n) is 10.3. The summed E-state index contributed by atoms with van der Waals surface area (Å²) in [5.41, 5.74) is 1.49. The van der Waals surface area contributed by atoms with Gasteiger partial charge in [-0.15, -0.1) is 23.5 Å². The van der Waals surface area contributed by atoms with E-state index in [4.69, 9.17) is 0 Å². The standard InChI is InChI=1S/2C12H13NO3S/c2*1-3-17-12(7-9(2)14)10-5-4-6-11(8-10)13(15)16/h2*4-8H,3H2,1-2H3/b2*12-7+. The van der Waals surface area contributed by atoms with Gasteiger partial charge in [0.15, 0.2) is 11.6 Å². The topological polar surface area (TPSA) is 120 Å². The number of non-ortho nitro benzene ring substituents is 2. The van der Waals surface area contributed by atoms with E-state index in [9.17, 15) is 29.8 Å². The summed E-state index contributed by atoms with van der Waals surface area (Å²) >= 11 is 2.99. The van der Waals surface area contributed by atoms with E-state index in [0.29, 0.717) is 11.1 Å². The highest BCUT2D eigenvalue weighted by Gasteiger charge is 2.10. The van der Waals surface area contributed by atoms with Crippen molar-refractivity contribution in [2.75, 3.05) is 11.5 Å². The van der Waals surface area contributed by atoms with E-state index in [0.717, 1.165) is 21.3 Å². The Morgan fingerprint density at radius 1 is 0.765 bits per heavy atom. The number of ketones is 2. The molecular weight excluding hydrogens is 476 g/mol. The van der Waals surface area contributed by atoms with Crippen molar-refractivity contribution in [3.05, 3.63) is 92.0 Å². The molecule has 2 aromatic carbocycles. The first-order valence-corrected chi connectivity index (χ1v) is 12.3. The minimum atomic E-state index is -0.439. The second-order valence-electron chi connectivity index (χ2n) is 6.72. The average Bonchev–Trinajstić information content (AvgIpc) is 2.78. The summed E-state index contributed by atoms with van der Waals surface area (Å²) in [7, 11) is 0. The molecule has 34 heavy (non-hydrogen) atoms. The largest absolute Gasteiger partial charge is 0.295 e. The Labute approximate surface area is 206 Å². The van der Waals surface area contributed by atoms with E-state index >= 15 is 0 Å². The minimum absolute atomic E-state index is 0.0358. The Hall–Kier alpha value is -3.24. The molecule has 2 rings (SSSR count). The zero-order valence-corrected chi connectivity index (χ0v) is 21.0. The lowest BCUT2D eigenvalue weighted by Crippen LogP contribution is -1.91. The molecule has 0 heterocycles. The summed E-state index contributed by atoms with van der Waals surface area (Å²) in [4.78, 5) is 44.2. The quantitative estimate of drug-likeness (QED) is 0.203. The van der Waals surface area contributed by atoms with E-state index in [2.05, 4.69) is 0 Å². The van der Waals surface area contributed by atoms with Crippen LogP contribution in [0.1, 0.15) is 38.8 Å². The van der Waals surface area contributed by atoms with Gasteiger partial charge in [0.05, 0.1) is 9.85 Å². The third kappa shape index (κ3) is 10.1. The predicted octanol–water partition coefficient (Wildman–Crippen LogP) is 6.56. The van der Waals surface area contributed by atoms with Crippen LogP contribution in [0.4, 0.5) is 11.4 Å². The SMILES string of the molecule is CCS/C(=C/C(C)=O)c1cccc([N+](=O)[O-])c1.CCS/C(=C/C(C)=O)c1cccc([N+](=O)[O-])c1. The highest BCUT2D eigenvalue weighted by Crippen LogP contribution is 2.30. The summed E-state index contributed by atoms with van der Waals surface area (Å²) in [5, 5.41) is 21.3. The van der Waals surface area contributed by atoms with E-state index < -0.39 is 9.85 Å². The van der Waals surface area contributed by atoms with Gasteiger partial charge in [-0.25, -0.2) is 0 Å². The molecule has 0 bridgehead atoms. The van der Waals surface area contributed by atoms with Crippen LogP contribution in [0, 0.1) is 20.2 Å². The van der Waals surface area contributed by atoms with Crippen LogP contribution < -0.4 is 0 Å². The number of thioether (sulfide) groups is 2. The molecule has 0 saturated heterocycles. The summed E-state index contributed by atoms with van der Waals surface area (Å²) in [6.07, 6.45) is 3.01. The van der Waals surface area contributed by atoms with Gasteiger partial charge in [-0.05, 0) is 48.6 Å². The van der Waals surface area contributed by atoms with Gasteiger partial charge in [0.1, 0.15) is 0 Å². The number of carbonyl (C=O) groups is 2. The molecule has 0 unspecified atom stereocenters. The number of benzene rings is 2. The van der Waals surface area contributed by atoms with E-state index in [-0.39, 0.29) is 22.9 Å². The Bertz CT molecular complexity index is 1020. The normalized spacial score (nSPS) is 11.3. The Morgan fingerprint density at radius 2 is 1.12 bits per heavy atom. The van der Waals surface area contributed by atoms with Gasteiger partial charge in [-0.3, -0.25) is 29.8 Å². The molecule has 0 spiro atoms. The van der Waals surface area contributed by atoms with Gasteiger partial charge in [-0.1, -0.05) is 38.1 Å². The lowest BCUT2D eigenvalue weighted by Gasteiger charge is -2.05. The second-order valence-corrected chi connectivity index (χ2v) is 9.33.